The van der Waals surface area contributed by atoms with Crippen LogP contribution in [0.2, 0.25) is 0 Å². The van der Waals surface area contributed by atoms with Gasteiger partial charge in [-0.2, -0.15) is 4.98 Å². The Labute approximate surface area is 109 Å². The summed E-state index contributed by atoms with van der Waals surface area (Å²) in [5.41, 5.74) is 5.82. The molecule has 5 nitrogen and oxygen atoms in total. The largest absolute Gasteiger partial charge is 0.334 e. The predicted molar refractivity (Wildman–Crippen MR) is 64.5 cm³/mol. The SMILES string of the molecule is Cl.NC1(c2noc(-c3ccncc3F)n2)CCC1. The van der Waals surface area contributed by atoms with Gasteiger partial charge in [0.15, 0.2) is 11.6 Å². The van der Waals surface area contributed by atoms with E-state index in [-0.39, 0.29) is 23.9 Å². The number of nitrogens with two attached hydrogens (primary N) is 1. The number of pyridine rings is 1. The second kappa shape index (κ2) is 4.62. The highest BCUT2D eigenvalue weighted by molar-refractivity contribution is 5.85. The van der Waals surface area contributed by atoms with Crippen LogP contribution in [0.1, 0.15) is 25.1 Å². The van der Waals surface area contributed by atoms with Gasteiger partial charge in [-0.3, -0.25) is 4.98 Å². The lowest BCUT2D eigenvalue weighted by molar-refractivity contribution is 0.229. The third-order valence-corrected chi connectivity index (χ3v) is 3.12. The smallest absolute Gasteiger partial charge is 0.261 e. The van der Waals surface area contributed by atoms with Crippen LogP contribution in [0.3, 0.4) is 0 Å². The van der Waals surface area contributed by atoms with Crippen molar-refractivity contribution in [2.75, 3.05) is 0 Å². The molecular formula is C11H12ClFN4O. The summed E-state index contributed by atoms with van der Waals surface area (Å²) in [5.74, 6) is 0.119. The summed E-state index contributed by atoms with van der Waals surface area (Å²) in [6.07, 6.45) is 5.32. The summed E-state index contributed by atoms with van der Waals surface area (Å²) < 4.78 is 18.5. The highest BCUT2D eigenvalue weighted by Crippen LogP contribution is 2.37. The van der Waals surface area contributed by atoms with Crippen molar-refractivity contribution in [3.63, 3.8) is 0 Å². The van der Waals surface area contributed by atoms with E-state index in [1.165, 1.54) is 12.3 Å². The fourth-order valence-corrected chi connectivity index (χ4v) is 1.87. The van der Waals surface area contributed by atoms with Gasteiger partial charge in [0, 0.05) is 6.20 Å². The monoisotopic (exact) mass is 270 g/mol. The zero-order chi connectivity index (χ0) is 11.9. The maximum Gasteiger partial charge on any atom is 0.261 e. The third kappa shape index (κ3) is 1.97. The van der Waals surface area contributed by atoms with E-state index >= 15 is 0 Å². The Hall–Kier alpha value is -1.53. The molecule has 1 fully saturated rings. The van der Waals surface area contributed by atoms with Crippen LogP contribution in [0.4, 0.5) is 4.39 Å². The molecule has 0 amide bonds. The molecule has 0 bridgehead atoms. The average molecular weight is 271 g/mol. The topological polar surface area (TPSA) is 77.8 Å². The molecule has 7 heteroatoms. The highest BCUT2D eigenvalue weighted by atomic mass is 35.5. The molecule has 2 aromatic heterocycles. The van der Waals surface area contributed by atoms with Gasteiger partial charge in [0.2, 0.25) is 0 Å². The van der Waals surface area contributed by atoms with E-state index in [1.54, 1.807) is 0 Å². The summed E-state index contributed by atoms with van der Waals surface area (Å²) in [6, 6.07) is 1.50. The summed E-state index contributed by atoms with van der Waals surface area (Å²) in [4.78, 5) is 7.83. The fourth-order valence-electron chi connectivity index (χ4n) is 1.87. The van der Waals surface area contributed by atoms with Crippen molar-refractivity contribution >= 4 is 12.4 Å². The maximum absolute atomic E-state index is 13.5. The van der Waals surface area contributed by atoms with E-state index in [9.17, 15) is 4.39 Å². The Balaban J connectivity index is 0.00000120. The molecule has 0 atom stereocenters. The van der Waals surface area contributed by atoms with E-state index in [0.717, 1.165) is 25.5 Å². The summed E-state index contributed by atoms with van der Waals surface area (Å²) in [5, 5.41) is 3.83. The molecule has 0 aromatic carbocycles. The summed E-state index contributed by atoms with van der Waals surface area (Å²) in [6.45, 7) is 0. The van der Waals surface area contributed by atoms with Gasteiger partial charge in [-0.1, -0.05) is 5.16 Å². The third-order valence-electron chi connectivity index (χ3n) is 3.12. The van der Waals surface area contributed by atoms with E-state index in [1.807, 2.05) is 0 Å². The molecule has 1 aliphatic carbocycles. The molecule has 0 unspecified atom stereocenters. The first-order chi connectivity index (χ1) is 8.19. The van der Waals surface area contributed by atoms with Crippen LogP contribution < -0.4 is 5.73 Å². The van der Waals surface area contributed by atoms with Gasteiger partial charge in [-0.05, 0) is 25.3 Å². The zero-order valence-corrected chi connectivity index (χ0v) is 10.3. The van der Waals surface area contributed by atoms with E-state index in [2.05, 4.69) is 15.1 Å². The first-order valence-electron chi connectivity index (χ1n) is 5.42. The molecule has 1 saturated carbocycles. The lowest BCUT2D eigenvalue weighted by Crippen LogP contribution is -2.44. The Morgan fingerprint density at radius 1 is 1.39 bits per heavy atom. The normalized spacial score (nSPS) is 16.8. The van der Waals surface area contributed by atoms with Gasteiger partial charge >= 0.3 is 0 Å². The molecule has 0 saturated heterocycles. The molecule has 0 aliphatic heterocycles. The number of halogens is 2. The molecule has 2 heterocycles. The quantitative estimate of drug-likeness (QED) is 0.903. The first kappa shape index (κ1) is 12.9. The lowest BCUT2D eigenvalue weighted by Gasteiger charge is -2.34. The van der Waals surface area contributed by atoms with Crippen molar-refractivity contribution in [1.82, 2.24) is 15.1 Å². The molecule has 1 aliphatic rings. The Kier molecular flexibility index (Phi) is 3.32. The minimum atomic E-state index is -0.495. The lowest BCUT2D eigenvalue weighted by atomic mass is 9.77. The van der Waals surface area contributed by atoms with Gasteiger partial charge in [-0.25, -0.2) is 4.39 Å². The van der Waals surface area contributed by atoms with Crippen molar-refractivity contribution < 1.29 is 8.91 Å². The van der Waals surface area contributed by atoms with E-state index in [0.29, 0.717) is 5.82 Å². The molecule has 2 N–H and O–H groups in total. The van der Waals surface area contributed by atoms with Crippen LogP contribution in [-0.4, -0.2) is 15.1 Å². The summed E-state index contributed by atoms with van der Waals surface area (Å²) in [7, 11) is 0. The first-order valence-corrected chi connectivity index (χ1v) is 5.42. The second-order valence-electron chi connectivity index (χ2n) is 4.29. The van der Waals surface area contributed by atoms with Gasteiger partial charge in [0.25, 0.3) is 5.89 Å². The minimum absolute atomic E-state index is 0. The van der Waals surface area contributed by atoms with Gasteiger partial charge < -0.3 is 10.3 Å². The Bertz CT molecular complexity index is 555. The van der Waals surface area contributed by atoms with Crippen molar-refractivity contribution in [3.8, 4) is 11.5 Å². The average Bonchev–Trinajstić information content (AvgIpc) is 2.76. The number of nitrogens with zero attached hydrogens (tertiary/aromatic N) is 3. The standard InChI is InChI=1S/C11H11FN4O.ClH/c12-8-6-14-5-2-7(8)9-15-10(16-17-9)11(13)3-1-4-11;/h2,5-6H,1,3-4,13H2;1H. The van der Waals surface area contributed by atoms with Crippen LogP contribution in [-0.2, 0) is 5.54 Å². The van der Waals surface area contributed by atoms with Crippen molar-refractivity contribution in [2.45, 2.75) is 24.8 Å². The van der Waals surface area contributed by atoms with E-state index < -0.39 is 11.4 Å². The maximum atomic E-state index is 13.5. The van der Waals surface area contributed by atoms with Gasteiger partial charge in [0.05, 0.1) is 17.3 Å². The number of rotatable bonds is 2. The fraction of sp³-hybridized carbons (Fsp3) is 0.364. The van der Waals surface area contributed by atoms with Crippen LogP contribution in [0.5, 0.6) is 0 Å². The van der Waals surface area contributed by atoms with Crippen molar-refractivity contribution in [2.24, 2.45) is 5.73 Å². The molecule has 18 heavy (non-hydrogen) atoms. The van der Waals surface area contributed by atoms with Crippen LogP contribution in [0, 0.1) is 5.82 Å². The molecule has 3 rings (SSSR count). The van der Waals surface area contributed by atoms with Crippen LogP contribution in [0.15, 0.2) is 23.0 Å². The Morgan fingerprint density at radius 3 is 2.78 bits per heavy atom. The van der Waals surface area contributed by atoms with Gasteiger partial charge in [-0.15, -0.1) is 12.4 Å². The number of hydrogen-bond acceptors (Lipinski definition) is 5. The number of hydrogen-bond donors (Lipinski definition) is 1. The molecule has 0 spiro atoms. The second-order valence-corrected chi connectivity index (χ2v) is 4.29. The minimum Gasteiger partial charge on any atom is -0.334 e. The number of aromatic nitrogens is 3. The van der Waals surface area contributed by atoms with E-state index in [4.69, 9.17) is 10.3 Å². The molecule has 96 valence electrons. The molecule has 2 aromatic rings. The van der Waals surface area contributed by atoms with Crippen LogP contribution >= 0.6 is 12.4 Å². The Morgan fingerprint density at radius 2 is 2.17 bits per heavy atom. The molecular weight excluding hydrogens is 259 g/mol. The van der Waals surface area contributed by atoms with Crippen LogP contribution in [0.25, 0.3) is 11.5 Å². The van der Waals surface area contributed by atoms with Crippen molar-refractivity contribution in [1.29, 1.82) is 0 Å². The van der Waals surface area contributed by atoms with Crippen molar-refractivity contribution in [3.05, 3.63) is 30.1 Å². The highest BCUT2D eigenvalue weighted by Gasteiger charge is 2.39. The van der Waals surface area contributed by atoms with Gasteiger partial charge in [0.1, 0.15) is 0 Å². The zero-order valence-electron chi connectivity index (χ0n) is 9.47. The molecule has 0 radical (unpaired) electrons. The predicted octanol–water partition coefficient (Wildman–Crippen LogP) is 2.03. The summed E-state index contributed by atoms with van der Waals surface area (Å²) >= 11 is 0.